The molecule has 0 radical (unpaired) electrons. The lowest BCUT2D eigenvalue weighted by atomic mass is 9.95. The van der Waals surface area contributed by atoms with E-state index in [1.54, 1.807) is 0 Å². The molecule has 0 spiro atoms. The van der Waals surface area contributed by atoms with Crippen LogP contribution in [0, 0.1) is 0 Å². The van der Waals surface area contributed by atoms with Crippen LogP contribution in [0.1, 0.15) is 11.3 Å². The second-order valence-corrected chi connectivity index (χ2v) is 8.44. The quantitative estimate of drug-likeness (QED) is 0.318. The molecule has 0 unspecified atom stereocenters. The van der Waals surface area contributed by atoms with Gasteiger partial charge in [-0.05, 0) is 47.2 Å². The number of hydrogen-bond acceptors (Lipinski definition) is 1. The zero-order chi connectivity index (χ0) is 21.1. The summed E-state index contributed by atoms with van der Waals surface area (Å²) in [7, 11) is 0. The van der Waals surface area contributed by atoms with Crippen LogP contribution in [0.2, 0.25) is 0 Å². The lowest BCUT2D eigenvalue weighted by molar-refractivity contribution is 1.00. The molecule has 5 aromatic rings. The van der Waals surface area contributed by atoms with E-state index in [1.807, 2.05) is 0 Å². The van der Waals surface area contributed by atoms with Crippen molar-refractivity contribution in [1.29, 1.82) is 0 Å². The summed E-state index contributed by atoms with van der Waals surface area (Å²) in [6.07, 6.45) is 5.48. The van der Waals surface area contributed by atoms with Gasteiger partial charge in [0.05, 0.1) is 16.6 Å². The first-order valence-electron chi connectivity index (χ1n) is 11.0. The number of nitrogens with zero attached hydrogens (tertiary/aromatic N) is 2. The third kappa shape index (κ3) is 2.50. The van der Waals surface area contributed by atoms with Crippen LogP contribution in [0.3, 0.4) is 0 Å². The average molecular weight is 409 g/mol. The highest BCUT2D eigenvalue weighted by Crippen LogP contribution is 2.35. The van der Waals surface area contributed by atoms with Crippen LogP contribution in [0.5, 0.6) is 0 Å². The van der Waals surface area contributed by atoms with Gasteiger partial charge in [0.1, 0.15) is 0 Å². The summed E-state index contributed by atoms with van der Waals surface area (Å²) in [6.45, 7) is 0. The molecule has 0 amide bonds. The Kier molecular flexibility index (Phi) is 3.65. The van der Waals surface area contributed by atoms with E-state index < -0.39 is 0 Å². The second kappa shape index (κ2) is 6.66. The zero-order valence-corrected chi connectivity index (χ0v) is 17.5. The highest BCUT2D eigenvalue weighted by atomic mass is 15.0. The van der Waals surface area contributed by atoms with Crippen LogP contribution in [0.15, 0.2) is 108 Å². The number of para-hydroxylation sites is 3. The molecule has 0 fully saturated rings. The maximum absolute atomic E-state index is 4.79. The SMILES string of the molecule is C1=Cc2c(n(-c3ccccc3)c3ccccc23)C/C1=c1/ccc2c(c1)-c1ccccc1N=2. The predicted molar refractivity (Wildman–Crippen MR) is 132 cm³/mol. The first-order chi connectivity index (χ1) is 15.9. The average Bonchev–Trinajstić information content (AvgIpc) is 3.39. The van der Waals surface area contributed by atoms with E-state index in [4.69, 9.17) is 4.99 Å². The number of benzene rings is 4. The molecule has 2 aliphatic rings. The van der Waals surface area contributed by atoms with Gasteiger partial charge >= 0.3 is 0 Å². The first kappa shape index (κ1) is 17.5. The molecule has 0 N–H and O–H groups in total. The smallest absolute Gasteiger partial charge is 0.0716 e. The highest BCUT2D eigenvalue weighted by molar-refractivity contribution is 5.96. The fourth-order valence-corrected chi connectivity index (χ4v) is 5.15. The van der Waals surface area contributed by atoms with Gasteiger partial charge in [-0.2, -0.15) is 0 Å². The van der Waals surface area contributed by atoms with Crippen LogP contribution in [-0.4, -0.2) is 4.57 Å². The molecule has 150 valence electrons. The largest absolute Gasteiger partial charge is 0.313 e. The lowest BCUT2D eigenvalue weighted by Gasteiger charge is -2.15. The van der Waals surface area contributed by atoms with Crippen LogP contribution < -0.4 is 10.6 Å². The van der Waals surface area contributed by atoms with Gasteiger partial charge in [-0.3, -0.25) is 0 Å². The second-order valence-electron chi connectivity index (χ2n) is 8.44. The monoisotopic (exact) mass is 408 g/mol. The summed E-state index contributed by atoms with van der Waals surface area (Å²) in [5.74, 6) is 0. The van der Waals surface area contributed by atoms with Gasteiger partial charge in [-0.1, -0.05) is 72.8 Å². The number of aromatic nitrogens is 1. The molecule has 1 aliphatic carbocycles. The van der Waals surface area contributed by atoms with Gasteiger partial charge in [0.25, 0.3) is 0 Å². The molecule has 2 heterocycles. The summed E-state index contributed by atoms with van der Waals surface area (Å²) in [6, 6.07) is 34.5. The molecule has 1 aliphatic heterocycles. The Labute approximate surface area is 186 Å². The predicted octanol–water partition coefficient (Wildman–Crippen LogP) is 5.98. The third-order valence-electron chi connectivity index (χ3n) is 6.64. The number of fused-ring (bicyclic) bond motifs is 6. The third-order valence-corrected chi connectivity index (χ3v) is 6.64. The minimum Gasteiger partial charge on any atom is -0.313 e. The standard InChI is InChI=1S/C30H20N2/c1-2-8-22(9-3-1)32-29-13-7-5-11-24(29)25-16-14-21(19-30(25)32)20-15-17-28-26(18-20)23-10-4-6-12-27(23)31-28/h1-18H,19H2/b21-20-. The molecular weight excluding hydrogens is 388 g/mol. The molecule has 0 saturated heterocycles. The molecule has 2 heteroatoms. The van der Waals surface area contributed by atoms with Crippen molar-refractivity contribution >= 4 is 28.2 Å². The Balaban J connectivity index is 1.45. The van der Waals surface area contributed by atoms with E-state index in [0.29, 0.717) is 0 Å². The van der Waals surface area contributed by atoms with E-state index in [0.717, 1.165) is 17.5 Å². The van der Waals surface area contributed by atoms with E-state index in [2.05, 4.69) is 114 Å². The van der Waals surface area contributed by atoms with Crippen molar-refractivity contribution in [3.63, 3.8) is 0 Å². The first-order valence-corrected chi connectivity index (χ1v) is 11.0. The van der Waals surface area contributed by atoms with Gasteiger partial charge in [-0.15, -0.1) is 0 Å². The van der Waals surface area contributed by atoms with Gasteiger partial charge in [0, 0.05) is 39.9 Å². The molecule has 4 aromatic carbocycles. The summed E-state index contributed by atoms with van der Waals surface area (Å²) < 4.78 is 2.42. The minimum absolute atomic E-state index is 0.896. The Bertz CT molecular complexity index is 1680. The lowest BCUT2D eigenvalue weighted by Crippen LogP contribution is -2.15. The van der Waals surface area contributed by atoms with Crippen molar-refractivity contribution in [2.24, 2.45) is 4.99 Å². The van der Waals surface area contributed by atoms with Crippen LogP contribution in [0.25, 0.3) is 39.4 Å². The Hall–Kier alpha value is -4.17. The molecule has 2 nitrogen and oxygen atoms in total. The number of rotatable bonds is 1. The maximum atomic E-state index is 4.79. The van der Waals surface area contributed by atoms with Gasteiger partial charge < -0.3 is 4.57 Å². The Morgan fingerprint density at radius 2 is 1.50 bits per heavy atom. The van der Waals surface area contributed by atoms with E-state index >= 15 is 0 Å². The normalized spacial score (nSPS) is 15.2. The highest BCUT2D eigenvalue weighted by Gasteiger charge is 2.20. The van der Waals surface area contributed by atoms with Gasteiger partial charge in [0.2, 0.25) is 0 Å². The molecule has 7 rings (SSSR count). The summed E-state index contributed by atoms with van der Waals surface area (Å²) in [5.41, 5.74) is 10.0. The van der Waals surface area contributed by atoms with E-state index in [1.165, 1.54) is 49.8 Å². The van der Waals surface area contributed by atoms with Crippen LogP contribution in [-0.2, 0) is 6.42 Å². The molecule has 1 aromatic heterocycles. The molecule has 0 bridgehead atoms. The fourth-order valence-electron chi connectivity index (χ4n) is 5.15. The van der Waals surface area contributed by atoms with Crippen molar-refractivity contribution in [1.82, 2.24) is 4.57 Å². The topological polar surface area (TPSA) is 17.3 Å². The number of hydrogen-bond donors (Lipinski definition) is 0. The maximum Gasteiger partial charge on any atom is 0.0716 e. The number of allylic oxidation sites excluding steroid dienone is 1. The summed E-state index contributed by atoms with van der Waals surface area (Å²) in [4.78, 5) is 4.79. The van der Waals surface area contributed by atoms with E-state index in [-0.39, 0.29) is 0 Å². The molecular formula is C30H20N2. The van der Waals surface area contributed by atoms with Crippen molar-refractivity contribution in [2.75, 3.05) is 0 Å². The zero-order valence-electron chi connectivity index (χ0n) is 17.5. The van der Waals surface area contributed by atoms with Crippen LogP contribution in [0.4, 0.5) is 5.69 Å². The minimum atomic E-state index is 0.896. The fraction of sp³-hybridized carbons (Fsp3) is 0.0333. The summed E-state index contributed by atoms with van der Waals surface area (Å²) in [5, 5.41) is 3.64. The van der Waals surface area contributed by atoms with Crippen molar-refractivity contribution < 1.29 is 0 Å². The van der Waals surface area contributed by atoms with Crippen molar-refractivity contribution in [3.05, 3.63) is 125 Å². The Morgan fingerprint density at radius 3 is 2.44 bits per heavy atom. The van der Waals surface area contributed by atoms with Gasteiger partial charge in [0.15, 0.2) is 0 Å². The van der Waals surface area contributed by atoms with Gasteiger partial charge in [-0.25, -0.2) is 4.99 Å². The molecule has 0 saturated carbocycles. The molecule has 0 atom stereocenters. The van der Waals surface area contributed by atoms with E-state index in [9.17, 15) is 0 Å². The van der Waals surface area contributed by atoms with Crippen LogP contribution >= 0.6 is 0 Å². The Morgan fingerprint density at radius 1 is 0.688 bits per heavy atom. The molecule has 32 heavy (non-hydrogen) atoms. The van der Waals surface area contributed by atoms with Crippen molar-refractivity contribution in [2.45, 2.75) is 6.42 Å². The summed E-state index contributed by atoms with van der Waals surface area (Å²) >= 11 is 0. The van der Waals surface area contributed by atoms with Crippen molar-refractivity contribution in [3.8, 4) is 16.8 Å².